The van der Waals surface area contributed by atoms with E-state index in [-0.39, 0.29) is 29.3 Å². The summed E-state index contributed by atoms with van der Waals surface area (Å²) in [7, 11) is 0. The number of H-pyrrole nitrogens is 1. The molecule has 1 aromatic carbocycles. The largest absolute Gasteiger partial charge is 0.459 e. The Kier molecular flexibility index (Phi) is 5.96. The van der Waals surface area contributed by atoms with Crippen molar-refractivity contribution in [2.45, 2.75) is 77.7 Å². The first-order valence-corrected chi connectivity index (χ1v) is 11.6. The molecule has 5 heteroatoms. The van der Waals surface area contributed by atoms with E-state index in [9.17, 15) is 9.59 Å². The molecule has 2 aromatic rings. The summed E-state index contributed by atoms with van der Waals surface area (Å²) < 4.78 is 5.59. The summed E-state index contributed by atoms with van der Waals surface area (Å²) in [5.74, 6) is -0.219. The number of benzene rings is 1. The van der Waals surface area contributed by atoms with Gasteiger partial charge >= 0.3 is 5.97 Å². The Morgan fingerprint density at radius 3 is 2.45 bits per heavy atom. The van der Waals surface area contributed by atoms with Gasteiger partial charge < -0.3 is 14.6 Å². The molecule has 166 valence electrons. The molecule has 0 bridgehead atoms. The van der Waals surface area contributed by atoms with Crippen molar-refractivity contribution in [1.82, 2.24) is 9.88 Å². The van der Waals surface area contributed by atoms with E-state index in [0.717, 1.165) is 47.8 Å². The fraction of sp³-hybridized carbons (Fsp3) is 0.538. The second-order valence-electron chi connectivity index (χ2n) is 9.96. The number of esters is 1. The summed E-state index contributed by atoms with van der Waals surface area (Å²) in [5.41, 5.74) is 2.95. The van der Waals surface area contributed by atoms with Gasteiger partial charge in [-0.2, -0.15) is 0 Å². The Balaban J connectivity index is 1.82. The van der Waals surface area contributed by atoms with Gasteiger partial charge in [0.1, 0.15) is 0 Å². The number of ether oxygens (including phenoxy) is 1. The first kappa shape index (κ1) is 21.7. The Morgan fingerprint density at radius 1 is 1.10 bits per heavy atom. The van der Waals surface area contributed by atoms with Crippen molar-refractivity contribution in [2.24, 2.45) is 5.92 Å². The summed E-state index contributed by atoms with van der Waals surface area (Å²) in [6.07, 6.45) is 7.99. The van der Waals surface area contributed by atoms with Crippen molar-refractivity contribution in [3.63, 3.8) is 0 Å². The second-order valence-corrected chi connectivity index (χ2v) is 9.96. The van der Waals surface area contributed by atoms with Crippen molar-refractivity contribution in [3.05, 3.63) is 41.7 Å². The number of aromatic amines is 1. The molecule has 31 heavy (non-hydrogen) atoms. The minimum absolute atomic E-state index is 0.0325. The van der Waals surface area contributed by atoms with Gasteiger partial charge in [-0.1, -0.05) is 57.7 Å². The zero-order chi connectivity index (χ0) is 22.2. The average molecular weight is 423 g/mol. The van der Waals surface area contributed by atoms with Crippen LogP contribution < -0.4 is 0 Å². The molecule has 0 atom stereocenters. The molecule has 0 saturated heterocycles. The lowest BCUT2D eigenvalue weighted by Crippen LogP contribution is -2.40. The zero-order valence-electron chi connectivity index (χ0n) is 19.2. The van der Waals surface area contributed by atoms with Crippen LogP contribution in [0.5, 0.6) is 0 Å². The maximum absolute atomic E-state index is 13.6. The number of para-hydroxylation sites is 1. The van der Waals surface area contributed by atoms with Crippen LogP contribution >= 0.6 is 0 Å². The molecule has 1 saturated carbocycles. The Bertz CT molecular complexity index is 1010. The van der Waals surface area contributed by atoms with Crippen molar-refractivity contribution >= 4 is 28.4 Å². The Labute approximate surface area is 184 Å². The highest BCUT2D eigenvalue weighted by atomic mass is 16.5. The SMILES string of the molecule is CC(C)OC(=O)C1=CN(C(=O)C2CCCCCC2)CC(C)(C)c2c1[nH]c1ccccc21. The third-order valence-electron chi connectivity index (χ3n) is 6.55. The van der Waals surface area contributed by atoms with Gasteiger partial charge in [0, 0.05) is 35.0 Å². The summed E-state index contributed by atoms with van der Waals surface area (Å²) in [6.45, 7) is 8.54. The van der Waals surface area contributed by atoms with Crippen LogP contribution in [0.3, 0.4) is 0 Å². The monoisotopic (exact) mass is 422 g/mol. The van der Waals surface area contributed by atoms with Gasteiger partial charge in [0.05, 0.1) is 17.4 Å². The highest BCUT2D eigenvalue weighted by molar-refractivity contribution is 6.18. The number of hydrogen-bond acceptors (Lipinski definition) is 3. The lowest BCUT2D eigenvalue weighted by molar-refractivity contribution is -0.140. The minimum atomic E-state index is -0.390. The minimum Gasteiger partial charge on any atom is -0.459 e. The van der Waals surface area contributed by atoms with Gasteiger partial charge in [0.2, 0.25) is 5.91 Å². The number of nitrogens with one attached hydrogen (secondary N) is 1. The van der Waals surface area contributed by atoms with Crippen LogP contribution in [0.4, 0.5) is 0 Å². The number of carbonyl (C=O) groups excluding carboxylic acids is 2. The number of amides is 1. The van der Waals surface area contributed by atoms with Crippen molar-refractivity contribution in [1.29, 1.82) is 0 Å². The molecule has 5 nitrogen and oxygen atoms in total. The molecule has 4 rings (SSSR count). The van der Waals surface area contributed by atoms with Crippen LogP contribution in [0.25, 0.3) is 16.5 Å². The van der Waals surface area contributed by atoms with Crippen LogP contribution in [0.15, 0.2) is 30.5 Å². The van der Waals surface area contributed by atoms with Crippen molar-refractivity contribution < 1.29 is 14.3 Å². The van der Waals surface area contributed by atoms with E-state index < -0.39 is 0 Å². The molecule has 1 aromatic heterocycles. The summed E-state index contributed by atoms with van der Waals surface area (Å²) in [6, 6.07) is 8.12. The van der Waals surface area contributed by atoms with E-state index in [0.29, 0.717) is 12.1 Å². The van der Waals surface area contributed by atoms with Gasteiger partial charge in [0.25, 0.3) is 0 Å². The third kappa shape index (κ3) is 4.28. The number of fused-ring (bicyclic) bond motifs is 3. The molecule has 1 amide bonds. The first-order valence-electron chi connectivity index (χ1n) is 11.6. The number of carbonyl (C=O) groups is 2. The van der Waals surface area contributed by atoms with Crippen molar-refractivity contribution in [2.75, 3.05) is 6.54 Å². The van der Waals surface area contributed by atoms with Crippen LogP contribution in [0, 0.1) is 5.92 Å². The first-order chi connectivity index (χ1) is 14.8. The van der Waals surface area contributed by atoms with Crippen LogP contribution in [0.1, 0.15) is 77.5 Å². The number of rotatable bonds is 3. The predicted octanol–water partition coefficient (Wildman–Crippen LogP) is 5.55. The molecule has 1 aliphatic carbocycles. The molecule has 2 heterocycles. The lowest BCUT2D eigenvalue weighted by Gasteiger charge is -2.31. The van der Waals surface area contributed by atoms with Crippen LogP contribution in [0.2, 0.25) is 0 Å². The summed E-state index contributed by atoms with van der Waals surface area (Å²) in [4.78, 5) is 32.0. The van der Waals surface area contributed by atoms with E-state index in [1.165, 1.54) is 12.8 Å². The molecule has 0 spiro atoms. The van der Waals surface area contributed by atoms with Crippen LogP contribution in [-0.2, 0) is 19.7 Å². The van der Waals surface area contributed by atoms with Gasteiger partial charge in [0.15, 0.2) is 0 Å². The molecule has 0 unspecified atom stereocenters. The highest BCUT2D eigenvalue weighted by Gasteiger charge is 2.38. The highest BCUT2D eigenvalue weighted by Crippen LogP contribution is 2.41. The molecule has 1 aliphatic heterocycles. The van der Waals surface area contributed by atoms with E-state index >= 15 is 0 Å². The second kappa shape index (κ2) is 8.52. The fourth-order valence-corrected chi connectivity index (χ4v) is 5.15. The predicted molar refractivity (Wildman–Crippen MR) is 123 cm³/mol. The number of aromatic nitrogens is 1. The zero-order valence-corrected chi connectivity index (χ0v) is 19.2. The van der Waals surface area contributed by atoms with E-state index in [1.807, 2.05) is 32.0 Å². The normalized spacial score (nSPS) is 19.5. The molecular weight excluding hydrogens is 388 g/mol. The van der Waals surface area contributed by atoms with Crippen molar-refractivity contribution in [3.8, 4) is 0 Å². The average Bonchev–Trinajstić information content (AvgIpc) is 2.84. The Hall–Kier alpha value is -2.56. The van der Waals surface area contributed by atoms with E-state index in [4.69, 9.17) is 4.74 Å². The van der Waals surface area contributed by atoms with Gasteiger partial charge in [-0.3, -0.25) is 4.79 Å². The quantitative estimate of drug-likeness (QED) is 0.521. The fourth-order valence-electron chi connectivity index (χ4n) is 5.15. The van der Waals surface area contributed by atoms with E-state index in [2.05, 4.69) is 24.9 Å². The maximum Gasteiger partial charge on any atom is 0.342 e. The van der Waals surface area contributed by atoms with Crippen LogP contribution in [-0.4, -0.2) is 34.4 Å². The molecule has 2 aliphatic rings. The standard InChI is InChI=1S/C26H34N2O3/c1-17(2)31-25(30)20-15-28(24(29)18-11-7-5-6-8-12-18)16-26(3,4)22-19-13-9-10-14-21(19)27-23(20)22/h9-10,13-15,17-18,27H,5-8,11-12,16H2,1-4H3. The maximum atomic E-state index is 13.6. The summed E-state index contributed by atoms with van der Waals surface area (Å²) >= 11 is 0. The molecule has 1 fully saturated rings. The Morgan fingerprint density at radius 2 is 1.77 bits per heavy atom. The molecule has 0 radical (unpaired) electrons. The van der Waals surface area contributed by atoms with Gasteiger partial charge in [-0.05, 0) is 38.3 Å². The topological polar surface area (TPSA) is 62.4 Å². The smallest absolute Gasteiger partial charge is 0.342 e. The number of hydrogen-bond donors (Lipinski definition) is 1. The third-order valence-corrected chi connectivity index (χ3v) is 6.55. The molecule has 1 N–H and O–H groups in total. The summed E-state index contributed by atoms with van der Waals surface area (Å²) in [5, 5.41) is 1.09. The lowest BCUT2D eigenvalue weighted by atomic mass is 9.81. The van der Waals surface area contributed by atoms with Gasteiger partial charge in [-0.25, -0.2) is 4.79 Å². The number of nitrogens with zero attached hydrogens (tertiary/aromatic N) is 1. The molecular formula is C26H34N2O3. The van der Waals surface area contributed by atoms with Gasteiger partial charge in [-0.15, -0.1) is 0 Å². The van der Waals surface area contributed by atoms with E-state index in [1.54, 1.807) is 11.1 Å².